The van der Waals surface area contributed by atoms with Gasteiger partial charge in [-0.25, -0.2) is 4.79 Å². The summed E-state index contributed by atoms with van der Waals surface area (Å²) in [5.74, 6) is -0.341. The molecule has 9 aliphatic rings. The minimum Gasteiger partial charge on any atom is -0.368 e. The van der Waals surface area contributed by atoms with E-state index in [0.717, 1.165) is 109 Å². The molecule has 0 bridgehead atoms. The van der Waals surface area contributed by atoms with Crippen molar-refractivity contribution in [3.8, 4) is 0 Å². The summed E-state index contributed by atoms with van der Waals surface area (Å²) in [7, 11) is 1.88. The standard InChI is InChI=1S/C43H69N11O6/c1-50-18-19-53(43(50)60)30-4-3-15-52(24-30)34-22-45-37(38(44)56)39(48-34)47-28-9-7-26(8-10-28)27-13-16-51(17-14-27)23-25-20-29(21-25)46-32-6-2-5-31-36(32)42(59)54(41(31)58)33-11-12-35(55)49-40(33)57/h25-34,36-37,39,45-48H,2-24H2,1H3,(H2,44,56)(H,49,55,57)/t25?,26?,28?,29?,30-,31?,32?,33-,34?,36?,37?,39?/m1/s1. The number of hydrogen-bond acceptors (Lipinski definition) is 12. The number of carbonyl (C=O) groups is 6. The lowest BCUT2D eigenvalue weighted by Crippen LogP contribution is -2.74. The molecular formula is C43H69N11O6. The smallest absolute Gasteiger partial charge is 0.320 e. The highest BCUT2D eigenvalue weighted by atomic mass is 16.2. The Morgan fingerprint density at radius 1 is 0.800 bits per heavy atom. The van der Waals surface area contributed by atoms with Gasteiger partial charge in [-0.05, 0) is 121 Å². The third kappa shape index (κ3) is 8.59. The van der Waals surface area contributed by atoms with E-state index in [0.29, 0.717) is 31.0 Å². The van der Waals surface area contributed by atoms with E-state index in [9.17, 15) is 28.8 Å². The fraction of sp³-hybridized carbons (Fsp3) is 0.860. The Bertz CT molecular complexity index is 1650. The van der Waals surface area contributed by atoms with Crippen molar-refractivity contribution in [1.29, 1.82) is 0 Å². The number of primary amides is 1. The molecule has 6 saturated heterocycles. The Hall–Kier alpha value is -3.22. The lowest BCUT2D eigenvalue weighted by molar-refractivity contribution is -0.151. The largest absolute Gasteiger partial charge is 0.368 e. The van der Waals surface area contributed by atoms with E-state index in [1.54, 1.807) is 0 Å². The van der Waals surface area contributed by atoms with Gasteiger partial charge in [0.25, 0.3) is 0 Å². The molecule has 7 amide bonds. The molecule has 6 heterocycles. The summed E-state index contributed by atoms with van der Waals surface area (Å²) < 4.78 is 0. The zero-order valence-corrected chi connectivity index (χ0v) is 35.5. The second-order valence-corrected chi connectivity index (χ2v) is 19.9. The topological polar surface area (TPSA) is 205 Å². The van der Waals surface area contributed by atoms with Crippen LogP contribution in [0.25, 0.3) is 0 Å². The van der Waals surface area contributed by atoms with Gasteiger partial charge in [0, 0.05) is 70.4 Å². The number of likely N-dealkylation sites (N-methyl/N-ethyl adjacent to an activating group) is 1. The summed E-state index contributed by atoms with van der Waals surface area (Å²) in [6.45, 7) is 7.43. The summed E-state index contributed by atoms with van der Waals surface area (Å²) in [5.41, 5.74) is 5.90. The average Bonchev–Trinajstić information content (AvgIpc) is 3.70. The quantitative estimate of drug-likeness (QED) is 0.149. The van der Waals surface area contributed by atoms with Crippen LogP contribution in [0.15, 0.2) is 0 Å². The van der Waals surface area contributed by atoms with Gasteiger partial charge in [-0.3, -0.25) is 49.7 Å². The molecule has 8 atom stereocenters. The zero-order valence-electron chi connectivity index (χ0n) is 35.5. The maximum atomic E-state index is 13.6. The summed E-state index contributed by atoms with van der Waals surface area (Å²) >= 11 is 0. The molecule has 0 aromatic carbocycles. The van der Waals surface area contributed by atoms with E-state index in [1.807, 2.05) is 16.8 Å². The lowest BCUT2D eigenvalue weighted by atomic mass is 9.73. The summed E-state index contributed by atoms with van der Waals surface area (Å²) in [5, 5.41) is 17.1. The molecule has 6 aliphatic heterocycles. The van der Waals surface area contributed by atoms with Gasteiger partial charge in [-0.1, -0.05) is 6.42 Å². The van der Waals surface area contributed by atoms with Crippen molar-refractivity contribution in [2.75, 3.05) is 59.4 Å². The molecule has 17 heteroatoms. The number of hydrogen-bond donors (Lipinski definition) is 6. The second kappa shape index (κ2) is 17.9. The fourth-order valence-electron chi connectivity index (χ4n) is 12.9. The third-order valence-corrected chi connectivity index (χ3v) is 16.3. The number of fused-ring (bicyclic) bond motifs is 1. The van der Waals surface area contributed by atoms with E-state index < -0.39 is 23.9 Å². The second-order valence-electron chi connectivity index (χ2n) is 19.9. The molecule has 9 rings (SSSR count). The van der Waals surface area contributed by atoms with Gasteiger partial charge in [0.05, 0.1) is 24.2 Å². The fourth-order valence-corrected chi connectivity index (χ4v) is 12.9. The van der Waals surface area contributed by atoms with Gasteiger partial charge >= 0.3 is 6.03 Å². The number of carbonyl (C=O) groups excluding carboxylic acids is 6. The number of piperazine rings is 1. The molecular weight excluding hydrogens is 767 g/mol. The van der Waals surface area contributed by atoms with Crippen LogP contribution < -0.4 is 32.3 Å². The maximum absolute atomic E-state index is 13.6. The number of imide groups is 2. The normalized spacial score (nSPS) is 40.1. The van der Waals surface area contributed by atoms with Crippen LogP contribution in [0.4, 0.5) is 4.79 Å². The van der Waals surface area contributed by atoms with Crippen LogP contribution in [0.2, 0.25) is 0 Å². The summed E-state index contributed by atoms with van der Waals surface area (Å²) in [6.07, 6.45) is 14.0. The van der Waals surface area contributed by atoms with Gasteiger partial charge in [0.2, 0.25) is 29.5 Å². The minimum atomic E-state index is -0.872. The van der Waals surface area contributed by atoms with Crippen LogP contribution in [0.5, 0.6) is 0 Å². The molecule has 0 spiro atoms. The number of amides is 7. The first-order chi connectivity index (χ1) is 29.0. The SMILES string of the molecule is CN1CCN([C@@H]2CCCN(C3CNC(C(N)=O)C(NC4CCC(C5CCN(CC6CC(NC7CCCC8C(=O)N([C@@H]9CCC(=O)NC9=O)C(=O)C78)C6)CC5)CC4)N3)C2)C1=O. The van der Waals surface area contributed by atoms with Crippen molar-refractivity contribution in [3.63, 3.8) is 0 Å². The molecule has 7 N–H and O–H groups in total. The number of likely N-dealkylation sites (tertiary alicyclic amines) is 3. The lowest BCUT2D eigenvalue weighted by Gasteiger charge is -2.47. The molecule has 9 fully saturated rings. The summed E-state index contributed by atoms with van der Waals surface area (Å²) in [6, 6.07) is -0.361. The van der Waals surface area contributed by atoms with Crippen LogP contribution in [0.1, 0.15) is 96.3 Å². The molecule has 3 aliphatic carbocycles. The highest BCUT2D eigenvalue weighted by Gasteiger charge is 2.56. The van der Waals surface area contributed by atoms with E-state index >= 15 is 0 Å². The molecule has 3 saturated carbocycles. The monoisotopic (exact) mass is 836 g/mol. The molecule has 0 aromatic rings. The van der Waals surface area contributed by atoms with Crippen molar-refractivity contribution >= 4 is 35.6 Å². The number of nitrogens with one attached hydrogen (secondary N) is 5. The third-order valence-electron chi connectivity index (χ3n) is 16.3. The van der Waals surface area contributed by atoms with Crippen LogP contribution in [0.3, 0.4) is 0 Å². The molecule has 0 radical (unpaired) electrons. The van der Waals surface area contributed by atoms with E-state index in [4.69, 9.17) is 5.73 Å². The number of rotatable bonds is 11. The van der Waals surface area contributed by atoms with Crippen LogP contribution >= 0.6 is 0 Å². The first kappa shape index (κ1) is 42.1. The van der Waals surface area contributed by atoms with Crippen LogP contribution in [0, 0.1) is 29.6 Å². The van der Waals surface area contributed by atoms with Crippen LogP contribution in [-0.4, -0.2) is 168 Å². The van der Waals surface area contributed by atoms with Crippen molar-refractivity contribution in [2.24, 2.45) is 35.3 Å². The first-order valence-electron chi connectivity index (χ1n) is 23.5. The van der Waals surface area contributed by atoms with Gasteiger partial charge < -0.3 is 31.1 Å². The number of nitrogens with zero attached hydrogens (tertiary/aromatic N) is 5. The highest BCUT2D eigenvalue weighted by molar-refractivity contribution is 6.11. The molecule has 0 aromatic heterocycles. The highest BCUT2D eigenvalue weighted by Crippen LogP contribution is 2.42. The number of urea groups is 1. The van der Waals surface area contributed by atoms with Crippen molar-refractivity contribution < 1.29 is 28.8 Å². The van der Waals surface area contributed by atoms with Crippen molar-refractivity contribution in [1.82, 2.24) is 51.1 Å². The number of piperidine rings is 3. The predicted octanol–water partition coefficient (Wildman–Crippen LogP) is -0.295. The van der Waals surface area contributed by atoms with Crippen molar-refractivity contribution in [3.05, 3.63) is 0 Å². The van der Waals surface area contributed by atoms with Gasteiger partial charge in [0.15, 0.2) is 0 Å². The Kier molecular flexibility index (Phi) is 12.5. The predicted molar refractivity (Wildman–Crippen MR) is 221 cm³/mol. The Labute approximate surface area is 354 Å². The number of nitrogens with two attached hydrogens (primary N) is 1. The van der Waals surface area contributed by atoms with Gasteiger partial charge in [-0.15, -0.1) is 0 Å². The molecule has 17 nitrogen and oxygen atoms in total. The Morgan fingerprint density at radius 3 is 2.28 bits per heavy atom. The van der Waals surface area contributed by atoms with E-state index in [-0.39, 0.29) is 72.8 Å². The van der Waals surface area contributed by atoms with Crippen molar-refractivity contribution in [2.45, 2.75) is 145 Å². The van der Waals surface area contributed by atoms with Crippen LogP contribution in [-0.2, 0) is 24.0 Å². The molecule has 60 heavy (non-hydrogen) atoms. The maximum Gasteiger partial charge on any atom is 0.320 e. The first-order valence-corrected chi connectivity index (χ1v) is 23.5. The molecule has 332 valence electrons. The molecule has 6 unspecified atom stereocenters. The Balaban J connectivity index is 0.687. The van der Waals surface area contributed by atoms with Gasteiger partial charge in [0.1, 0.15) is 12.1 Å². The zero-order chi connectivity index (χ0) is 41.7. The Morgan fingerprint density at radius 2 is 1.57 bits per heavy atom. The van der Waals surface area contributed by atoms with E-state index in [1.165, 1.54) is 30.6 Å². The summed E-state index contributed by atoms with van der Waals surface area (Å²) in [4.78, 5) is 86.7. The minimum absolute atomic E-state index is 0.0494. The average molecular weight is 836 g/mol. The van der Waals surface area contributed by atoms with E-state index in [2.05, 4.69) is 36.4 Å². The van der Waals surface area contributed by atoms with Gasteiger partial charge in [-0.2, -0.15) is 0 Å².